The number of halogens is 1. The zero-order chi connectivity index (χ0) is 14.9. The number of fused-ring (bicyclic) bond motifs is 1. The number of rotatable bonds is 4. The quantitative estimate of drug-likeness (QED) is 0.676. The van der Waals surface area contributed by atoms with Gasteiger partial charge in [0.15, 0.2) is 0 Å². The molecular formula is C14H12BrNO4. The number of carbonyl (C=O) groups is 3. The number of amides is 1. The van der Waals surface area contributed by atoms with Crippen LogP contribution >= 0.6 is 15.9 Å². The Morgan fingerprint density at radius 3 is 2.70 bits per heavy atom. The van der Waals surface area contributed by atoms with Gasteiger partial charge in [-0.15, -0.1) is 0 Å². The molecule has 0 saturated carbocycles. The number of carboxylic acids is 1. The van der Waals surface area contributed by atoms with Gasteiger partial charge in [-0.1, -0.05) is 19.1 Å². The Morgan fingerprint density at radius 2 is 2.10 bits per heavy atom. The Balaban J connectivity index is 2.38. The van der Waals surface area contributed by atoms with E-state index in [4.69, 9.17) is 5.11 Å². The lowest BCUT2D eigenvalue weighted by Crippen LogP contribution is -2.30. The molecule has 20 heavy (non-hydrogen) atoms. The lowest BCUT2D eigenvalue weighted by molar-refractivity contribution is -0.132. The van der Waals surface area contributed by atoms with Crippen LogP contribution in [0.5, 0.6) is 0 Å². The van der Waals surface area contributed by atoms with Crippen LogP contribution in [0.3, 0.4) is 0 Å². The van der Waals surface area contributed by atoms with Gasteiger partial charge in [0.25, 0.3) is 11.7 Å². The van der Waals surface area contributed by atoms with Gasteiger partial charge in [0, 0.05) is 16.6 Å². The van der Waals surface area contributed by atoms with Gasteiger partial charge in [-0.3, -0.25) is 14.5 Å². The predicted molar refractivity (Wildman–Crippen MR) is 76.8 cm³/mol. The Labute approximate surface area is 124 Å². The van der Waals surface area contributed by atoms with E-state index in [1.165, 1.54) is 11.0 Å². The maximum atomic E-state index is 12.0. The molecule has 0 aliphatic carbocycles. The molecule has 104 valence electrons. The number of hydrogen-bond acceptors (Lipinski definition) is 3. The first-order valence-corrected chi connectivity index (χ1v) is 6.83. The minimum absolute atomic E-state index is 0.0651. The van der Waals surface area contributed by atoms with Crippen LogP contribution in [0.4, 0.5) is 5.69 Å². The van der Waals surface area contributed by atoms with Gasteiger partial charge in [-0.25, -0.2) is 4.79 Å². The number of aliphatic carboxylic acids is 1. The summed E-state index contributed by atoms with van der Waals surface area (Å²) in [5, 5.41) is 8.97. The first-order valence-electron chi connectivity index (χ1n) is 6.04. The summed E-state index contributed by atoms with van der Waals surface area (Å²) in [6.07, 6.45) is 1.82. The molecule has 0 bridgehead atoms. The summed E-state index contributed by atoms with van der Waals surface area (Å²) in [5.41, 5.74) is 1.05. The number of nitrogens with zero attached hydrogens (tertiary/aromatic N) is 1. The van der Waals surface area contributed by atoms with Crippen molar-refractivity contribution in [2.24, 2.45) is 0 Å². The van der Waals surface area contributed by atoms with Gasteiger partial charge < -0.3 is 5.11 Å². The second-order valence-corrected chi connectivity index (χ2v) is 5.12. The molecule has 0 radical (unpaired) electrons. The monoisotopic (exact) mass is 337 g/mol. The smallest absolute Gasteiger partial charge is 0.331 e. The van der Waals surface area contributed by atoms with E-state index in [9.17, 15) is 14.4 Å². The molecule has 1 amide bonds. The molecule has 0 saturated heterocycles. The Hall–Kier alpha value is -1.95. The van der Waals surface area contributed by atoms with Crippen LogP contribution in [0.15, 0.2) is 34.3 Å². The molecule has 1 aliphatic heterocycles. The van der Waals surface area contributed by atoms with Gasteiger partial charge in [0.2, 0.25) is 0 Å². The molecule has 0 unspecified atom stereocenters. The molecule has 1 aromatic rings. The topological polar surface area (TPSA) is 74.7 Å². The van der Waals surface area contributed by atoms with Gasteiger partial charge in [-0.05, 0) is 34.5 Å². The SMILES string of the molecule is CCC(=CCN1C(=O)C(=O)c2cccc(Br)c21)C(=O)O. The van der Waals surface area contributed by atoms with Crippen molar-refractivity contribution in [1.82, 2.24) is 0 Å². The van der Waals surface area contributed by atoms with Crippen molar-refractivity contribution in [2.45, 2.75) is 13.3 Å². The number of hydrogen-bond donors (Lipinski definition) is 1. The molecule has 1 aliphatic rings. The lowest BCUT2D eigenvalue weighted by Gasteiger charge is -2.16. The Bertz CT molecular complexity index is 636. The van der Waals surface area contributed by atoms with Crippen LogP contribution in [0.1, 0.15) is 23.7 Å². The fourth-order valence-electron chi connectivity index (χ4n) is 2.07. The molecule has 1 N–H and O–H groups in total. The first kappa shape index (κ1) is 14.5. The molecular weight excluding hydrogens is 326 g/mol. The lowest BCUT2D eigenvalue weighted by atomic mass is 10.1. The van der Waals surface area contributed by atoms with Crippen molar-refractivity contribution in [2.75, 3.05) is 11.4 Å². The highest BCUT2D eigenvalue weighted by molar-refractivity contribution is 9.10. The van der Waals surface area contributed by atoms with E-state index in [-0.39, 0.29) is 12.1 Å². The maximum Gasteiger partial charge on any atom is 0.331 e. The third-order valence-electron chi connectivity index (χ3n) is 3.12. The highest BCUT2D eigenvalue weighted by Crippen LogP contribution is 2.35. The largest absolute Gasteiger partial charge is 0.478 e. The van der Waals surface area contributed by atoms with E-state index in [0.29, 0.717) is 22.1 Å². The summed E-state index contributed by atoms with van der Waals surface area (Å²) < 4.78 is 0.635. The summed E-state index contributed by atoms with van der Waals surface area (Å²) in [7, 11) is 0. The molecule has 5 nitrogen and oxygen atoms in total. The molecule has 6 heteroatoms. The summed E-state index contributed by atoms with van der Waals surface area (Å²) in [6.45, 7) is 1.79. The van der Waals surface area contributed by atoms with Crippen molar-refractivity contribution in [3.63, 3.8) is 0 Å². The predicted octanol–water partition coefficient (Wildman–Crippen LogP) is 2.40. The van der Waals surface area contributed by atoms with E-state index < -0.39 is 17.7 Å². The zero-order valence-corrected chi connectivity index (χ0v) is 12.3. The highest BCUT2D eigenvalue weighted by atomic mass is 79.9. The second kappa shape index (κ2) is 5.58. The Morgan fingerprint density at radius 1 is 1.40 bits per heavy atom. The third kappa shape index (κ3) is 2.38. The number of benzene rings is 1. The van der Waals surface area contributed by atoms with E-state index >= 15 is 0 Å². The van der Waals surface area contributed by atoms with Crippen molar-refractivity contribution < 1.29 is 19.5 Å². The fraction of sp³-hybridized carbons (Fsp3) is 0.214. The minimum Gasteiger partial charge on any atom is -0.478 e. The van der Waals surface area contributed by atoms with Crippen molar-refractivity contribution >= 4 is 39.3 Å². The number of carboxylic acid groups (broad SMARTS) is 1. The van der Waals surface area contributed by atoms with Crippen LogP contribution in [0.2, 0.25) is 0 Å². The molecule has 2 rings (SSSR count). The number of ketones is 1. The second-order valence-electron chi connectivity index (χ2n) is 4.27. The maximum absolute atomic E-state index is 12.0. The normalized spacial score (nSPS) is 14.7. The molecule has 0 fully saturated rings. The third-order valence-corrected chi connectivity index (χ3v) is 3.76. The van der Waals surface area contributed by atoms with Crippen LogP contribution in [-0.4, -0.2) is 29.3 Å². The summed E-state index contributed by atoms with van der Waals surface area (Å²) in [6, 6.07) is 5.00. The summed E-state index contributed by atoms with van der Waals surface area (Å²) in [5.74, 6) is -2.22. The number of carbonyl (C=O) groups excluding carboxylic acids is 2. The fourth-order valence-corrected chi connectivity index (χ4v) is 2.65. The van der Waals surface area contributed by atoms with E-state index in [1.54, 1.807) is 25.1 Å². The Kier molecular flexibility index (Phi) is 4.04. The van der Waals surface area contributed by atoms with Gasteiger partial charge in [-0.2, -0.15) is 0 Å². The van der Waals surface area contributed by atoms with Crippen LogP contribution < -0.4 is 4.90 Å². The molecule has 1 heterocycles. The minimum atomic E-state index is -1.02. The molecule has 1 aromatic carbocycles. The van der Waals surface area contributed by atoms with Gasteiger partial charge >= 0.3 is 5.97 Å². The van der Waals surface area contributed by atoms with Crippen LogP contribution in [0.25, 0.3) is 0 Å². The molecule has 0 spiro atoms. The van der Waals surface area contributed by atoms with Crippen molar-refractivity contribution in [3.8, 4) is 0 Å². The number of para-hydroxylation sites is 1. The van der Waals surface area contributed by atoms with Crippen LogP contribution in [0, 0.1) is 0 Å². The van der Waals surface area contributed by atoms with E-state index in [2.05, 4.69) is 15.9 Å². The average Bonchev–Trinajstić information content (AvgIpc) is 2.65. The van der Waals surface area contributed by atoms with E-state index in [0.717, 1.165) is 0 Å². The van der Waals surface area contributed by atoms with Gasteiger partial charge in [0.05, 0.1) is 11.3 Å². The number of anilines is 1. The van der Waals surface area contributed by atoms with Crippen LogP contribution in [-0.2, 0) is 9.59 Å². The summed E-state index contributed by atoms with van der Waals surface area (Å²) in [4.78, 5) is 36.1. The van der Waals surface area contributed by atoms with Crippen molar-refractivity contribution in [1.29, 1.82) is 0 Å². The molecule has 0 atom stereocenters. The van der Waals surface area contributed by atoms with Crippen molar-refractivity contribution in [3.05, 3.63) is 39.9 Å². The van der Waals surface area contributed by atoms with Gasteiger partial charge in [0.1, 0.15) is 0 Å². The standard InChI is InChI=1S/C14H12BrNO4/c1-2-8(14(19)20)6-7-16-11-9(12(17)13(16)18)4-3-5-10(11)15/h3-6H,2,7H2,1H3,(H,19,20). The van der Waals surface area contributed by atoms with E-state index in [1.807, 2.05) is 0 Å². The molecule has 0 aromatic heterocycles. The first-order chi connectivity index (χ1) is 9.47. The number of Topliss-reactive ketones (excluding diaryl/α,β-unsaturated/α-hetero) is 1. The zero-order valence-electron chi connectivity index (χ0n) is 10.7. The summed E-state index contributed by atoms with van der Waals surface area (Å²) >= 11 is 3.31. The highest BCUT2D eigenvalue weighted by Gasteiger charge is 2.36. The average molecular weight is 338 g/mol.